The third-order valence-electron chi connectivity index (χ3n) is 5.24. The number of hydrogen-bond donors (Lipinski definition) is 1. The number of anilines is 1. The molecule has 1 heterocycles. The van der Waals surface area contributed by atoms with Crippen molar-refractivity contribution >= 4 is 23.4 Å². The topological polar surface area (TPSA) is 66.5 Å². The smallest absolute Gasteiger partial charge is 0.233 e. The van der Waals surface area contributed by atoms with Crippen LogP contribution in [-0.4, -0.2) is 29.2 Å². The monoisotopic (exact) mass is 328 g/mol. The Hall–Kier alpha value is -2.17. The van der Waals surface area contributed by atoms with E-state index >= 15 is 0 Å². The second-order valence-corrected chi connectivity index (χ2v) is 6.89. The Kier molecular flexibility index (Phi) is 4.69. The highest BCUT2D eigenvalue weighted by molar-refractivity contribution is 6.05. The Morgan fingerprint density at radius 1 is 1.08 bits per heavy atom. The van der Waals surface area contributed by atoms with Crippen molar-refractivity contribution in [1.82, 2.24) is 4.90 Å². The molecule has 1 N–H and O–H groups in total. The molecule has 1 aliphatic heterocycles. The van der Waals surface area contributed by atoms with E-state index in [0.717, 1.165) is 42.5 Å². The summed E-state index contributed by atoms with van der Waals surface area (Å²) in [6.07, 6.45) is 3.79. The number of likely N-dealkylation sites (tertiary alicyclic amines) is 1. The molecule has 5 heteroatoms. The SMILES string of the molecule is Cc1cccc(C)c1NC(=O)CCN1C(=O)[C@@H]2CCCC[C@H]2C1=O. The number of nitrogens with one attached hydrogen (secondary N) is 1. The van der Waals surface area contributed by atoms with Crippen molar-refractivity contribution in [1.29, 1.82) is 0 Å². The maximum Gasteiger partial charge on any atom is 0.233 e. The third kappa shape index (κ3) is 3.07. The maximum atomic E-state index is 12.4. The number of hydrogen-bond acceptors (Lipinski definition) is 3. The van der Waals surface area contributed by atoms with Gasteiger partial charge in [0.2, 0.25) is 17.7 Å². The second-order valence-electron chi connectivity index (χ2n) is 6.89. The van der Waals surface area contributed by atoms with E-state index in [-0.39, 0.29) is 42.5 Å². The third-order valence-corrected chi connectivity index (χ3v) is 5.24. The number of carbonyl (C=O) groups excluding carboxylic acids is 3. The number of carbonyl (C=O) groups is 3. The summed E-state index contributed by atoms with van der Waals surface area (Å²) in [6.45, 7) is 4.07. The highest BCUT2D eigenvalue weighted by Crippen LogP contribution is 2.38. The van der Waals surface area contributed by atoms with E-state index in [4.69, 9.17) is 0 Å². The van der Waals surface area contributed by atoms with Crippen LogP contribution in [0.2, 0.25) is 0 Å². The molecule has 3 rings (SSSR count). The predicted octanol–water partition coefficient (Wildman–Crippen LogP) is 2.81. The Morgan fingerprint density at radius 2 is 1.62 bits per heavy atom. The molecule has 0 spiro atoms. The largest absolute Gasteiger partial charge is 0.326 e. The van der Waals surface area contributed by atoms with E-state index in [2.05, 4.69) is 5.32 Å². The molecule has 1 aromatic carbocycles. The van der Waals surface area contributed by atoms with Gasteiger partial charge in [-0.2, -0.15) is 0 Å². The fourth-order valence-corrected chi connectivity index (χ4v) is 3.88. The molecule has 1 aliphatic carbocycles. The van der Waals surface area contributed by atoms with Gasteiger partial charge in [-0.05, 0) is 37.8 Å². The summed E-state index contributed by atoms with van der Waals surface area (Å²) >= 11 is 0. The summed E-state index contributed by atoms with van der Waals surface area (Å²) < 4.78 is 0. The molecule has 0 aromatic heterocycles. The Labute approximate surface area is 142 Å². The lowest BCUT2D eigenvalue weighted by molar-refractivity contribution is -0.140. The molecule has 2 atom stereocenters. The minimum absolute atomic E-state index is 0.0791. The van der Waals surface area contributed by atoms with Crippen LogP contribution in [0.25, 0.3) is 0 Å². The molecule has 2 fully saturated rings. The molecular formula is C19H24N2O3. The van der Waals surface area contributed by atoms with E-state index in [1.807, 2.05) is 32.0 Å². The van der Waals surface area contributed by atoms with Gasteiger partial charge < -0.3 is 5.32 Å². The molecule has 1 saturated heterocycles. The average molecular weight is 328 g/mol. The number of rotatable bonds is 4. The van der Waals surface area contributed by atoms with Crippen LogP contribution in [-0.2, 0) is 14.4 Å². The highest BCUT2D eigenvalue weighted by atomic mass is 16.2. The fourth-order valence-electron chi connectivity index (χ4n) is 3.88. The maximum absolute atomic E-state index is 12.4. The Morgan fingerprint density at radius 3 is 2.17 bits per heavy atom. The minimum Gasteiger partial charge on any atom is -0.326 e. The normalized spacial score (nSPS) is 23.3. The molecule has 5 nitrogen and oxygen atoms in total. The first-order valence-electron chi connectivity index (χ1n) is 8.70. The van der Waals surface area contributed by atoms with Crippen LogP contribution >= 0.6 is 0 Å². The number of imide groups is 1. The molecular weight excluding hydrogens is 304 g/mol. The first-order valence-corrected chi connectivity index (χ1v) is 8.70. The summed E-state index contributed by atoms with van der Waals surface area (Å²) in [7, 11) is 0. The molecule has 1 aromatic rings. The second kappa shape index (κ2) is 6.75. The van der Waals surface area contributed by atoms with Crippen molar-refractivity contribution in [2.75, 3.05) is 11.9 Å². The van der Waals surface area contributed by atoms with E-state index in [9.17, 15) is 14.4 Å². The number of nitrogens with zero attached hydrogens (tertiary/aromatic N) is 1. The molecule has 3 amide bonds. The minimum atomic E-state index is -0.164. The Balaban J connectivity index is 1.60. The summed E-state index contributed by atoms with van der Waals surface area (Å²) in [4.78, 5) is 38.4. The summed E-state index contributed by atoms with van der Waals surface area (Å²) in [6, 6.07) is 5.84. The van der Waals surface area contributed by atoms with E-state index in [1.54, 1.807) is 0 Å². The number of benzene rings is 1. The van der Waals surface area contributed by atoms with Gasteiger partial charge in [-0.3, -0.25) is 19.3 Å². The lowest BCUT2D eigenvalue weighted by atomic mass is 9.81. The summed E-state index contributed by atoms with van der Waals surface area (Å²) in [5, 5.41) is 2.91. The van der Waals surface area contributed by atoms with Crippen molar-refractivity contribution in [2.24, 2.45) is 11.8 Å². The van der Waals surface area contributed by atoms with Crippen molar-refractivity contribution in [3.63, 3.8) is 0 Å². The van der Waals surface area contributed by atoms with Crippen LogP contribution in [0.1, 0.15) is 43.2 Å². The van der Waals surface area contributed by atoms with E-state index < -0.39 is 0 Å². The number of fused-ring (bicyclic) bond motifs is 1. The predicted molar refractivity (Wildman–Crippen MR) is 91.3 cm³/mol. The zero-order valence-corrected chi connectivity index (χ0v) is 14.3. The van der Waals surface area contributed by atoms with Crippen LogP contribution < -0.4 is 5.32 Å². The van der Waals surface area contributed by atoms with Gasteiger partial charge in [-0.15, -0.1) is 0 Å². The molecule has 1 saturated carbocycles. The molecule has 24 heavy (non-hydrogen) atoms. The lowest BCUT2D eigenvalue weighted by Gasteiger charge is -2.19. The quantitative estimate of drug-likeness (QED) is 0.864. The van der Waals surface area contributed by atoms with E-state index in [0.29, 0.717) is 0 Å². The van der Waals surface area contributed by atoms with E-state index in [1.165, 1.54) is 4.90 Å². The molecule has 128 valence electrons. The van der Waals surface area contributed by atoms with Gasteiger partial charge in [0.05, 0.1) is 11.8 Å². The number of para-hydroxylation sites is 1. The van der Waals surface area contributed by atoms with Crippen molar-refractivity contribution in [3.05, 3.63) is 29.3 Å². The van der Waals surface area contributed by atoms with Gasteiger partial charge in [0.1, 0.15) is 0 Å². The van der Waals surface area contributed by atoms with Crippen LogP contribution in [0.3, 0.4) is 0 Å². The fraction of sp³-hybridized carbons (Fsp3) is 0.526. The highest BCUT2D eigenvalue weighted by Gasteiger charge is 2.47. The van der Waals surface area contributed by atoms with Gasteiger partial charge in [0.15, 0.2) is 0 Å². The van der Waals surface area contributed by atoms with Crippen LogP contribution in [0.4, 0.5) is 5.69 Å². The van der Waals surface area contributed by atoms with Gasteiger partial charge in [0, 0.05) is 18.7 Å². The first-order chi connectivity index (χ1) is 11.5. The van der Waals surface area contributed by atoms with Gasteiger partial charge in [0.25, 0.3) is 0 Å². The zero-order chi connectivity index (χ0) is 17.3. The first kappa shape index (κ1) is 16.7. The van der Waals surface area contributed by atoms with Gasteiger partial charge in [-0.1, -0.05) is 31.0 Å². The lowest BCUT2D eigenvalue weighted by Crippen LogP contribution is -2.34. The molecule has 0 radical (unpaired) electrons. The average Bonchev–Trinajstić information content (AvgIpc) is 2.81. The summed E-state index contributed by atoms with van der Waals surface area (Å²) in [5.41, 5.74) is 2.82. The molecule has 0 unspecified atom stereocenters. The van der Waals surface area contributed by atoms with Gasteiger partial charge >= 0.3 is 0 Å². The van der Waals surface area contributed by atoms with Crippen LogP contribution in [0.15, 0.2) is 18.2 Å². The molecule has 0 bridgehead atoms. The van der Waals surface area contributed by atoms with Crippen molar-refractivity contribution in [2.45, 2.75) is 46.0 Å². The number of amides is 3. The van der Waals surface area contributed by atoms with Crippen LogP contribution in [0, 0.1) is 25.7 Å². The summed E-state index contributed by atoms with van der Waals surface area (Å²) in [5.74, 6) is -0.613. The van der Waals surface area contributed by atoms with Crippen molar-refractivity contribution < 1.29 is 14.4 Å². The van der Waals surface area contributed by atoms with Gasteiger partial charge in [-0.25, -0.2) is 0 Å². The molecule has 2 aliphatic rings. The standard InChI is InChI=1S/C19H24N2O3/c1-12-6-5-7-13(2)17(12)20-16(22)10-11-21-18(23)14-8-3-4-9-15(14)19(21)24/h5-7,14-15H,3-4,8-11H2,1-2H3,(H,20,22)/t14-,15-/m1/s1. The van der Waals surface area contributed by atoms with Crippen LogP contribution in [0.5, 0.6) is 0 Å². The van der Waals surface area contributed by atoms with Crippen molar-refractivity contribution in [3.8, 4) is 0 Å². The number of aryl methyl sites for hydroxylation is 2. The zero-order valence-electron chi connectivity index (χ0n) is 14.3. The Bertz CT molecular complexity index is 639.